The number of ether oxygens (including phenoxy) is 1. The van der Waals surface area contributed by atoms with E-state index in [-0.39, 0.29) is 18.6 Å². The summed E-state index contributed by atoms with van der Waals surface area (Å²) in [6.07, 6.45) is -1.46. The lowest BCUT2D eigenvalue weighted by Gasteiger charge is -2.28. The van der Waals surface area contributed by atoms with Crippen molar-refractivity contribution < 1.29 is 29.3 Å². The molecule has 200 valence electrons. The maximum Gasteiger partial charge on any atom is 0.348 e. The van der Waals surface area contributed by atoms with E-state index in [1.54, 1.807) is 12.1 Å². The van der Waals surface area contributed by atoms with Crippen LogP contribution in [0.25, 0.3) is 11.1 Å². The minimum Gasteiger partial charge on any atom is -0.462 e. The van der Waals surface area contributed by atoms with Crippen LogP contribution in [0.15, 0.2) is 66.0 Å². The lowest BCUT2D eigenvalue weighted by Crippen LogP contribution is -2.50. The number of thiophene rings is 1. The zero-order valence-corrected chi connectivity index (χ0v) is 22.0. The normalized spacial score (nSPS) is 16.6. The third-order valence-corrected chi connectivity index (χ3v) is 7.45. The van der Waals surface area contributed by atoms with Crippen molar-refractivity contribution in [1.29, 1.82) is 0 Å². The first-order chi connectivity index (χ1) is 18.4. The van der Waals surface area contributed by atoms with Gasteiger partial charge in [-0.15, -0.1) is 11.3 Å². The number of nitrogens with one attached hydrogen (secondary N) is 1. The van der Waals surface area contributed by atoms with Gasteiger partial charge in [-0.3, -0.25) is 9.59 Å². The molecule has 2 amide bonds. The molecule has 0 saturated carbocycles. The van der Waals surface area contributed by atoms with Gasteiger partial charge in [0, 0.05) is 18.7 Å². The van der Waals surface area contributed by atoms with Gasteiger partial charge in [-0.25, -0.2) is 4.79 Å². The molecule has 0 radical (unpaired) electrons. The number of carbonyl (C=O) groups excluding carboxylic acids is 3. The van der Waals surface area contributed by atoms with Gasteiger partial charge in [0.2, 0.25) is 0 Å². The number of aliphatic hydroxyl groups is 2. The minimum absolute atomic E-state index is 0.0997. The van der Waals surface area contributed by atoms with Gasteiger partial charge in [-0.05, 0) is 47.4 Å². The van der Waals surface area contributed by atoms with E-state index in [1.165, 1.54) is 16.2 Å². The Hall–Kier alpha value is -3.53. The fourth-order valence-corrected chi connectivity index (χ4v) is 5.36. The van der Waals surface area contributed by atoms with E-state index < -0.39 is 24.0 Å². The summed E-state index contributed by atoms with van der Waals surface area (Å²) in [4.78, 5) is 39.9. The van der Waals surface area contributed by atoms with Gasteiger partial charge in [0.05, 0.1) is 12.6 Å². The third kappa shape index (κ3) is 6.30. The highest BCUT2D eigenvalue weighted by Gasteiger charge is 2.38. The highest BCUT2D eigenvalue weighted by Crippen LogP contribution is 2.32. The molecule has 4 rings (SSSR count). The Kier molecular flexibility index (Phi) is 9.28. The maximum absolute atomic E-state index is 12.9. The van der Waals surface area contributed by atoms with Gasteiger partial charge in [-0.2, -0.15) is 0 Å². The van der Waals surface area contributed by atoms with Crippen LogP contribution < -0.4 is 5.32 Å². The molecule has 1 unspecified atom stereocenters. The van der Waals surface area contributed by atoms with Crippen LogP contribution in [0.5, 0.6) is 0 Å². The molecule has 3 aromatic rings. The third-order valence-electron chi connectivity index (χ3n) is 6.56. The number of likely N-dealkylation sites (tertiary alicyclic amines) is 1. The molecular formula is C29H32N2O6S. The van der Waals surface area contributed by atoms with Crippen molar-refractivity contribution in [3.8, 4) is 11.1 Å². The van der Waals surface area contributed by atoms with Crippen LogP contribution in [-0.4, -0.2) is 58.3 Å². The van der Waals surface area contributed by atoms with E-state index in [4.69, 9.17) is 4.74 Å². The Morgan fingerprint density at radius 3 is 2.50 bits per heavy atom. The van der Waals surface area contributed by atoms with Crippen molar-refractivity contribution in [2.24, 2.45) is 0 Å². The van der Waals surface area contributed by atoms with Crippen molar-refractivity contribution in [1.82, 2.24) is 10.2 Å². The lowest BCUT2D eigenvalue weighted by atomic mass is 10.0. The molecule has 3 N–H and O–H groups in total. The molecule has 0 spiro atoms. The van der Waals surface area contributed by atoms with Crippen molar-refractivity contribution >= 4 is 29.1 Å². The smallest absolute Gasteiger partial charge is 0.348 e. The monoisotopic (exact) mass is 536 g/mol. The highest BCUT2D eigenvalue weighted by atomic mass is 32.1. The van der Waals surface area contributed by atoms with E-state index in [1.807, 2.05) is 60.8 Å². The summed E-state index contributed by atoms with van der Waals surface area (Å²) in [5.74, 6) is -1.84. The van der Waals surface area contributed by atoms with Crippen LogP contribution in [-0.2, 0) is 20.9 Å². The average Bonchev–Trinajstić information content (AvgIpc) is 3.65. The lowest BCUT2D eigenvalue weighted by molar-refractivity contribution is -0.153. The predicted octanol–water partition coefficient (Wildman–Crippen LogP) is 3.68. The molecule has 1 aromatic heterocycles. The Labute approximate surface area is 225 Å². The number of amides is 2. The number of carbonyl (C=O) groups is 3. The van der Waals surface area contributed by atoms with E-state index in [2.05, 4.69) is 5.32 Å². The van der Waals surface area contributed by atoms with Crippen LogP contribution in [0.2, 0.25) is 0 Å². The fraction of sp³-hybridized carbons (Fsp3) is 0.345. The second-order valence-corrected chi connectivity index (χ2v) is 10.1. The maximum atomic E-state index is 12.9. The quantitative estimate of drug-likeness (QED) is 0.341. The van der Waals surface area contributed by atoms with Crippen LogP contribution in [0.1, 0.15) is 53.0 Å². The van der Waals surface area contributed by atoms with Crippen molar-refractivity contribution in [3.05, 3.63) is 82.0 Å². The second-order valence-electron chi connectivity index (χ2n) is 9.20. The summed E-state index contributed by atoms with van der Waals surface area (Å²) in [7, 11) is 0. The summed E-state index contributed by atoms with van der Waals surface area (Å²) in [5.41, 5.74) is 3.33. The van der Waals surface area contributed by atoms with E-state index in [9.17, 15) is 24.6 Å². The van der Waals surface area contributed by atoms with Crippen LogP contribution in [0, 0.1) is 0 Å². The van der Waals surface area contributed by atoms with Crippen LogP contribution >= 0.6 is 11.3 Å². The summed E-state index contributed by atoms with van der Waals surface area (Å²) in [6.45, 7) is 2.86. The molecule has 0 aliphatic carbocycles. The molecule has 0 bridgehead atoms. The van der Waals surface area contributed by atoms with Crippen molar-refractivity contribution in [2.75, 3.05) is 13.2 Å². The first kappa shape index (κ1) is 27.5. The van der Waals surface area contributed by atoms with E-state index in [0.717, 1.165) is 41.5 Å². The second kappa shape index (κ2) is 12.8. The minimum atomic E-state index is -1.89. The van der Waals surface area contributed by atoms with Gasteiger partial charge in [-0.1, -0.05) is 61.5 Å². The Balaban J connectivity index is 1.33. The Morgan fingerprint density at radius 1 is 1.05 bits per heavy atom. The zero-order valence-electron chi connectivity index (χ0n) is 21.2. The number of esters is 1. The molecule has 8 nitrogen and oxygen atoms in total. The first-order valence-electron chi connectivity index (χ1n) is 12.7. The standard InChI is InChI=1S/C29H32N2O6S/c1-2-16-37-29(36)26-22(14-17-38-26)20-12-10-19(11-13-20)18-30-27(34)24(32)25(33)28(35)31-15-6-9-23(31)21-7-4-3-5-8-21/h3-5,7-8,10-14,17,23-25,32-33H,2,6,9,15-16,18H2,1H3,(H,30,34)/t23?,24-,25-/m1/s1. The largest absolute Gasteiger partial charge is 0.462 e. The zero-order chi connectivity index (χ0) is 27.1. The molecule has 1 saturated heterocycles. The first-order valence-corrected chi connectivity index (χ1v) is 13.6. The number of hydrogen-bond acceptors (Lipinski definition) is 7. The molecule has 3 atom stereocenters. The summed E-state index contributed by atoms with van der Waals surface area (Å²) < 4.78 is 5.26. The molecular weight excluding hydrogens is 504 g/mol. The number of rotatable bonds is 10. The molecule has 1 fully saturated rings. The predicted molar refractivity (Wildman–Crippen MR) is 144 cm³/mol. The van der Waals surface area contributed by atoms with Gasteiger partial charge < -0.3 is 25.2 Å². The van der Waals surface area contributed by atoms with Gasteiger partial charge >= 0.3 is 5.97 Å². The Bertz CT molecular complexity index is 1240. The van der Waals surface area contributed by atoms with Crippen LogP contribution in [0.4, 0.5) is 0 Å². The molecule has 2 aromatic carbocycles. The average molecular weight is 537 g/mol. The topological polar surface area (TPSA) is 116 Å². The summed E-state index contributed by atoms with van der Waals surface area (Å²) >= 11 is 1.32. The number of aliphatic hydroxyl groups excluding tert-OH is 2. The summed E-state index contributed by atoms with van der Waals surface area (Å²) in [6, 6.07) is 18.5. The SMILES string of the molecule is CCCOC(=O)c1sccc1-c1ccc(CNC(=O)[C@H](O)[C@@H](O)C(=O)N2CCCC2c2ccccc2)cc1. The van der Waals surface area contributed by atoms with Crippen molar-refractivity contribution in [3.63, 3.8) is 0 Å². The van der Waals surface area contributed by atoms with Gasteiger partial charge in [0.15, 0.2) is 12.2 Å². The van der Waals surface area contributed by atoms with Gasteiger partial charge in [0.25, 0.3) is 11.8 Å². The number of nitrogens with zero attached hydrogens (tertiary/aromatic N) is 1. The molecule has 9 heteroatoms. The molecule has 1 aliphatic heterocycles. The van der Waals surface area contributed by atoms with Crippen LogP contribution in [0.3, 0.4) is 0 Å². The molecule has 2 heterocycles. The molecule has 38 heavy (non-hydrogen) atoms. The van der Waals surface area contributed by atoms with E-state index >= 15 is 0 Å². The van der Waals surface area contributed by atoms with Crippen molar-refractivity contribution in [2.45, 2.75) is 51.0 Å². The molecule has 1 aliphatic rings. The van der Waals surface area contributed by atoms with E-state index in [0.29, 0.717) is 18.0 Å². The number of hydrogen-bond donors (Lipinski definition) is 3. The van der Waals surface area contributed by atoms with Gasteiger partial charge in [0.1, 0.15) is 4.88 Å². The summed E-state index contributed by atoms with van der Waals surface area (Å²) in [5, 5.41) is 25.3. The Morgan fingerprint density at radius 2 is 1.79 bits per heavy atom. The highest BCUT2D eigenvalue weighted by molar-refractivity contribution is 7.12. The number of benzene rings is 2. The fourth-order valence-electron chi connectivity index (χ4n) is 4.55.